The van der Waals surface area contributed by atoms with Crippen molar-refractivity contribution < 1.29 is 4.74 Å². The van der Waals surface area contributed by atoms with Gasteiger partial charge in [0.15, 0.2) is 0 Å². The summed E-state index contributed by atoms with van der Waals surface area (Å²) in [5.74, 6) is 0.637. The molecule has 1 aromatic carbocycles. The molecule has 0 spiro atoms. The van der Waals surface area contributed by atoms with Crippen LogP contribution in [-0.2, 0) is 4.74 Å². The van der Waals surface area contributed by atoms with Crippen molar-refractivity contribution in [2.24, 2.45) is 0 Å². The van der Waals surface area contributed by atoms with E-state index in [9.17, 15) is 0 Å². The lowest BCUT2D eigenvalue weighted by Crippen LogP contribution is -2.25. The summed E-state index contributed by atoms with van der Waals surface area (Å²) in [6.45, 7) is 1.88. The summed E-state index contributed by atoms with van der Waals surface area (Å²) in [7, 11) is 1.76. The summed E-state index contributed by atoms with van der Waals surface area (Å²) in [5.41, 5.74) is 1.42. The first-order chi connectivity index (χ1) is 7.29. The van der Waals surface area contributed by atoms with Crippen molar-refractivity contribution in [1.82, 2.24) is 5.32 Å². The molecule has 15 heavy (non-hydrogen) atoms. The molecule has 1 aliphatic rings. The van der Waals surface area contributed by atoms with Crippen LogP contribution < -0.4 is 5.32 Å². The highest BCUT2D eigenvalue weighted by atomic mass is 79.9. The lowest BCUT2D eigenvalue weighted by Gasteiger charge is -2.10. The molecule has 1 fully saturated rings. The molecule has 2 nitrogen and oxygen atoms in total. The van der Waals surface area contributed by atoms with E-state index in [2.05, 4.69) is 45.5 Å². The summed E-state index contributed by atoms with van der Waals surface area (Å²) >= 11 is 3.46. The zero-order chi connectivity index (χ0) is 10.7. The van der Waals surface area contributed by atoms with Gasteiger partial charge in [0.2, 0.25) is 0 Å². The van der Waals surface area contributed by atoms with Crippen molar-refractivity contribution in [3.8, 4) is 0 Å². The molecule has 0 bridgehead atoms. The van der Waals surface area contributed by atoms with Crippen molar-refractivity contribution >= 4 is 15.9 Å². The van der Waals surface area contributed by atoms with E-state index in [0.29, 0.717) is 12.0 Å². The van der Waals surface area contributed by atoms with Crippen LogP contribution in [0.4, 0.5) is 0 Å². The Hall–Kier alpha value is -0.380. The molecule has 82 valence electrons. The molecule has 2 atom stereocenters. The molecule has 0 amide bonds. The molecule has 3 heteroatoms. The van der Waals surface area contributed by atoms with Gasteiger partial charge in [-0.15, -0.1) is 0 Å². The number of ether oxygens (including phenoxy) is 1. The molecule has 1 N–H and O–H groups in total. The molecular weight excluding hydrogens is 254 g/mol. The Balaban J connectivity index is 1.98. The zero-order valence-corrected chi connectivity index (χ0v) is 10.5. The van der Waals surface area contributed by atoms with Gasteiger partial charge in [0.1, 0.15) is 0 Å². The van der Waals surface area contributed by atoms with Gasteiger partial charge in [0, 0.05) is 24.2 Å². The van der Waals surface area contributed by atoms with E-state index in [1.165, 1.54) is 12.0 Å². The topological polar surface area (TPSA) is 21.3 Å². The lowest BCUT2D eigenvalue weighted by atomic mass is 9.97. The van der Waals surface area contributed by atoms with E-state index < -0.39 is 0 Å². The van der Waals surface area contributed by atoms with Gasteiger partial charge in [-0.2, -0.15) is 0 Å². The lowest BCUT2D eigenvalue weighted by molar-refractivity contribution is 0.173. The van der Waals surface area contributed by atoms with Crippen LogP contribution in [0.15, 0.2) is 28.7 Å². The number of benzene rings is 1. The van der Waals surface area contributed by atoms with E-state index in [0.717, 1.165) is 17.6 Å². The third-order valence-corrected chi connectivity index (χ3v) is 3.46. The minimum absolute atomic E-state index is 0.517. The SMILES string of the molecule is COCC1CC(c2ccc(Br)cc2)CN1. The molecule has 1 aliphatic heterocycles. The van der Waals surface area contributed by atoms with E-state index in [4.69, 9.17) is 4.74 Å². The maximum Gasteiger partial charge on any atom is 0.0616 e. The molecule has 2 rings (SSSR count). The van der Waals surface area contributed by atoms with Crippen LogP contribution in [0.2, 0.25) is 0 Å². The van der Waals surface area contributed by atoms with Crippen LogP contribution in [0.5, 0.6) is 0 Å². The largest absolute Gasteiger partial charge is 0.383 e. The van der Waals surface area contributed by atoms with Crippen LogP contribution in [-0.4, -0.2) is 26.3 Å². The minimum Gasteiger partial charge on any atom is -0.383 e. The Morgan fingerprint density at radius 2 is 2.13 bits per heavy atom. The number of nitrogens with one attached hydrogen (secondary N) is 1. The highest BCUT2D eigenvalue weighted by Gasteiger charge is 2.24. The number of hydrogen-bond donors (Lipinski definition) is 1. The van der Waals surface area contributed by atoms with Gasteiger partial charge in [-0.25, -0.2) is 0 Å². The summed E-state index contributed by atoms with van der Waals surface area (Å²) in [4.78, 5) is 0. The second kappa shape index (κ2) is 5.10. The average molecular weight is 270 g/mol. The second-order valence-corrected chi connectivity index (χ2v) is 4.96. The molecule has 0 aromatic heterocycles. The van der Waals surface area contributed by atoms with Gasteiger partial charge in [0.05, 0.1) is 6.61 Å². The van der Waals surface area contributed by atoms with Crippen LogP contribution in [0.1, 0.15) is 17.9 Å². The molecule has 0 saturated carbocycles. The average Bonchev–Trinajstić information content (AvgIpc) is 2.68. The fourth-order valence-corrected chi connectivity index (χ4v) is 2.40. The van der Waals surface area contributed by atoms with Gasteiger partial charge < -0.3 is 10.1 Å². The number of halogens is 1. The van der Waals surface area contributed by atoms with Gasteiger partial charge in [0.25, 0.3) is 0 Å². The fourth-order valence-electron chi connectivity index (χ4n) is 2.14. The van der Waals surface area contributed by atoms with E-state index in [-0.39, 0.29) is 0 Å². The predicted molar refractivity (Wildman–Crippen MR) is 65.2 cm³/mol. The van der Waals surface area contributed by atoms with Crippen molar-refractivity contribution in [2.45, 2.75) is 18.4 Å². The van der Waals surface area contributed by atoms with Crippen LogP contribution in [0, 0.1) is 0 Å². The summed E-state index contributed by atoms with van der Waals surface area (Å²) < 4.78 is 6.30. The fraction of sp³-hybridized carbons (Fsp3) is 0.500. The minimum atomic E-state index is 0.517. The maximum absolute atomic E-state index is 5.16. The highest BCUT2D eigenvalue weighted by molar-refractivity contribution is 9.10. The summed E-state index contributed by atoms with van der Waals surface area (Å²) in [5, 5.41) is 3.48. The zero-order valence-electron chi connectivity index (χ0n) is 8.87. The van der Waals surface area contributed by atoms with Crippen molar-refractivity contribution in [1.29, 1.82) is 0 Å². The highest BCUT2D eigenvalue weighted by Crippen LogP contribution is 2.26. The Morgan fingerprint density at radius 3 is 2.80 bits per heavy atom. The molecular formula is C12H16BrNO. The Morgan fingerprint density at radius 1 is 1.40 bits per heavy atom. The number of rotatable bonds is 3. The quantitative estimate of drug-likeness (QED) is 0.911. The Bertz CT molecular complexity index is 312. The number of methoxy groups -OCH3 is 1. The van der Waals surface area contributed by atoms with E-state index in [1.807, 2.05) is 0 Å². The summed E-state index contributed by atoms with van der Waals surface area (Å²) in [6.07, 6.45) is 1.18. The Kier molecular flexibility index (Phi) is 3.78. The van der Waals surface area contributed by atoms with E-state index >= 15 is 0 Å². The van der Waals surface area contributed by atoms with Gasteiger partial charge >= 0.3 is 0 Å². The van der Waals surface area contributed by atoms with Crippen LogP contribution in [0.25, 0.3) is 0 Å². The van der Waals surface area contributed by atoms with Crippen LogP contribution >= 0.6 is 15.9 Å². The maximum atomic E-state index is 5.16. The molecule has 0 radical (unpaired) electrons. The predicted octanol–water partition coefficient (Wildman–Crippen LogP) is 2.54. The molecule has 1 aromatic rings. The standard InChI is InChI=1S/C12H16BrNO/c1-15-8-12-6-10(7-14-12)9-2-4-11(13)5-3-9/h2-5,10,12,14H,6-8H2,1H3. The van der Waals surface area contributed by atoms with Crippen molar-refractivity contribution in [3.05, 3.63) is 34.3 Å². The van der Waals surface area contributed by atoms with Gasteiger partial charge in [-0.05, 0) is 30.0 Å². The third kappa shape index (κ3) is 2.80. The first kappa shape index (κ1) is 11.1. The van der Waals surface area contributed by atoms with Crippen molar-refractivity contribution in [3.63, 3.8) is 0 Å². The summed E-state index contributed by atoms with van der Waals surface area (Å²) in [6, 6.07) is 9.14. The molecule has 1 saturated heterocycles. The Labute approximate surface area is 99.1 Å². The smallest absolute Gasteiger partial charge is 0.0616 e. The van der Waals surface area contributed by atoms with Crippen LogP contribution in [0.3, 0.4) is 0 Å². The first-order valence-electron chi connectivity index (χ1n) is 5.27. The first-order valence-corrected chi connectivity index (χ1v) is 6.06. The monoisotopic (exact) mass is 269 g/mol. The molecule has 0 aliphatic carbocycles. The third-order valence-electron chi connectivity index (χ3n) is 2.93. The number of hydrogen-bond acceptors (Lipinski definition) is 2. The normalized spacial score (nSPS) is 25.7. The molecule has 1 heterocycles. The van der Waals surface area contributed by atoms with Crippen molar-refractivity contribution in [2.75, 3.05) is 20.3 Å². The van der Waals surface area contributed by atoms with Gasteiger partial charge in [-0.1, -0.05) is 28.1 Å². The van der Waals surface area contributed by atoms with Gasteiger partial charge in [-0.3, -0.25) is 0 Å². The van der Waals surface area contributed by atoms with E-state index in [1.54, 1.807) is 7.11 Å². The second-order valence-electron chi connectivity index (χ2n) is 4.04. The molecule has 2 unspecified atom stereocenters.